The Morgan fingerprint density at radius 2 is 1.67 bits per heavy atom. The predicted octanol–water partition coefficient (Wildman–Crippen LogP) is 1.90. The molecule has 1 unspecified atom stereocenters. The third-order valence-electron chi connectivity index (χ3n) is 4.90. The van der Waals surface area contributed by atoms with Gasteiger partial charge in [-0.1, -0.05) is 48.5 Å². The molecule has 3 atom stereocenters. The molecule has 3 N–H and O–H groups in total. The van der Waals surface area contributed by atoms with E-state index in [1.54, 1.807) is 0 Å². The molecule has 2 aromatic carbocycles. The van der Waals surface area contributed by atoms with E-state index in [2.05, 4.69) is 22.8 Å². The number of carbonyl (C=O) groups excluding carboxylic acids is 1. The van der Waals surface area contributed by atoms with Gasteiger partial charge in [0.05, 0.1) is 18.2 Å². The molecule has 126 valence electrons. The van der Waals surface area contributed by atoms with E-state index in [9.17, 15) is 9.90 Å². The Kier molecular flexibility index (Phi) is 4.90. The molecular formula is C19H21ClN2O2. The van der Waals surface area contributed by atoms with Gasteiger partial charge in [0.2, 0.25) is 5.91 Å². The fourth-order valence-corrected chi connectivity index (χ4v) is 3.64. The van der Waals surface area contributed by atoms with Crippen LogP contribution in [0.25, 0.3) is 0 Å². The van der Waals surface area contributed by atoms with Gasteiger partial charge in [0.25, 0.3) is 0 Å². The van der Waals surface area contributed by atoms with Crippen LogP contribution in [-0.2, 0) is 24.2 Å². The molecule has 1 aliphatic carbocycles. The molecule has 0 saturated heterocycles. The van der Waals surface area contributed by atoms with Gasteiger partial charge in [-0.15, -0.1) is 12.4 Å². The fourth-order valence-electron chi connectivity index (χ4n) is 3.64. The molecule has 5 heteroatoms. The van der Waals surface area contributed by atoms with Crippen LogP contribution < -0.4 is 10.6 Å². The molecular weight excluding hydrogens is 324 g/mol. The number of fused-ring (bicyclic) bond motifs is 2. The average Bonchev–Trinajstić information content (AvgIpc) is 2.90. The molecule has 1 heterocycles. The second kappa shape index (κ2) is 6.93. The van der Waals surface area contributed by atoms with E-state index in [0.29, 0.717) is 19.4 Å². The molecule has 1 aliphatic heterocycles. The van der Waals surface area contributed by atoms with Gasteiger partial charge in [-0.3, -0.25) is 4.79 Å². The van der Waals surface area contributed by atoms with Crippen molar-refractivity contribution in [1.29, 1.82) is 0 Å². The molecule has 0 bridgehead atoms. The summed E-state index contributed by atoms with van der Waals surface area (Å²) in [7, 11) is 0. The largest absolute Gasteiger partial charge is 0.390 e. The minimum atomic E-state index is -0.549. The zero-order valence-electron chi connectivity index (χ0n) is 13.2. The zero-order valence-corrected chi connectivity index (χ0v) is 14.1. The van der Waals surface area contributed by atoms with Crippen LogP contribution >= 0.6 is 12.4 Å². The normalized spacial score (nSPS) is 24.5. The monoisotopic (exact) mass is 344 g/mol. The van der Waals surface area contributed by atoms with Gasteiger partial charge in [-0.2, -0.15) is 0 Å². The van der Waals surface area contributed by atoms with E-state index < -0.39 is 6.10 Å². The van der Waals surface area contributed by atoms with Crippen molar-refractivity contribution < 1.29 is 9.90 Å². The Balaban J connectivity index is 0.00000169. The summed E-state index contributed by atoms with van der Waals surface area (Å²) in [5.74, 6) is -0.0414. The van der Waals surface area contributed by atoms with Gasteiger partial charge in [0.1, 0.15) is 0 Å². The van der Waals surface area contributed by atoms with E-state index in [0.717, 1.165) is 11.1 Å². The summed E-state index contributed by atoms with van der Waals surface area (Å²) >= 11 is 0. The van der Waals surface area contributed by atoms with Gasteiger partial charge in [-0.25, -0.2) is 0 Å². The SMILES string of the molecule is Cl.O=C(N[C@@H]1c2ccccc2C[C@@H]1O)C1Cc2ccccc2CN1. The lowest BCUT2D eigenvalue weighted by atomic mass is 9.95. The highest BCUT2D eigenvalue weighted by molar-refractivity contribution is 5.85. The maximum Gasteiger partial charge on any atom is 0.238 e. The lowest BCUT2D eigenvalue weighted by Gasteiger charge is -2.27. The van der Waals surface area contributed by atoms with Crippen LogP contribution in [0.15, 0.2) is 48.5 Å². The standard InChI is InChI=1S/C19H20N2O2.ClH/c22-17-10-13-6-3-4-8-15(13)18(17)21-19(23)16-9-12-5-1-2-7-14(12)11-20-16;/h1-8,16-18,20,22H,9-11H2,(H,21,23);1H/t16?,17-,18+;/m0./s1. The van der Waals surface area contributed by atoms with Crippen LogP contribution in [0.2, 0.25) is 0 Å². The van der Waals surface area contributed by atoms with Crippen molar-refractivity contribution >= 4 is 18.3 Å². The topological polar surface area (TPSA) is 61.4 Å². The smallest absolute Gasteiger partial charge is 0.238 e. The average molecular weight is 345 g/mol. The number of carbonyl (C=O) groups is 1. The van der Waals surface area contributed by atoms with Crippen LogP contribution in [0.3, 0.4) is 0 Å². The number of hydrogen-bond acceptors (Lipinski definition) is 3. The van der Waals surface area contributed by atoms with Crippen molar-refractivity contribution in [3.8, 4) is 0 Å². The van der Waals surface area contributed by atoms with Crippen molar-refractivity contribution in [3.63, 3.8) is 0 Å². The number of aliphatic hydroxyl groups excluding tert-OH is 1. The quantitative estimate of drug-likeness (QED) is 0.779. The van der Waals surface area contributed by atoms with E-state index in [1.165, 1.54) is 11.1 Å². The number of benzene rings is 2. The number of halogens is 1. The molecule has 0 radical (unpaired) electrons. The first-order valence-corrected chi connectivity index (χ1v) is 8.09. The van der Waals surface area contributed by atoms with Gasteiger partial charge in [-0.05, 0) is 28.7 Å². The number of amides is 1. The van der Waals surface area contributed by atoms with Gasteiger partial charge >= 0.3 is 0 Å². The number of nitrogens with one attached hydrogen (secondary N) is 2. The molecule has 0 spiro atoms. The molecule has 4 rings (SSSR count). The maximum atomic E-state index is 12.6. The van der Waals surface area contributed by atoms with E-state index >= 15 is 0 Å². The van der Waals surface area contributed by atoms with Crippen LogP contribution in [0.5, 0.6) is 0 Å². The summed E-state index contributed by atoms with van der Waals surface area (Å²) < 4.78 is 0. The lowest BCUT2D eigenvalue weighted by Crippen LogP contribution is -2.49. The highest BCUT2D eigenvalue weighted by Crippen LogP contribution is 2.31. The Labute approximate surface area is 147 Å². The predicted molar refractivity (Wildman–Crippen MR) is 95.1 cm³/mol. The summed E-state index contributed by atoms with van der Waals surface area (Å²) in [6.07, 6.45) is 0.737. The zero-order chi connectivity index (χ0) is 15.8. The number of hydrogen-bond donors (Lipinski definition) is 3. The van der Waals surface area contributed by atoms with E-state index in [-0.39, 0.29) is 30.4 Å². The second-order valence-corrected chi connectivity index (χ2v) is 6.36. The third kappa shape index (κ3) is 3.05. The van der Waals surface area contributed by atoms with E-state index in [1.807, 2.05) is 36.4 Å². The summed E-state index contributed by atoms with van der Waals surface area (Å²) in [6, 6.07) is 15.6. The molecule has 0 fully saturated rings. The summed E-state index contributed by atoms with van der Waals surface area (Å²) in [6.45, 7) is 0.706. The van der Waals surface area contributed by atoms with Crippen molar-refractivity contribution in [2.24, 2.45) is 0 Å². The molecule has 0 saturated carbocycles. The highest BCUT2D eigenvalue weighted by atomic mass is 35.5. The first-order valence-electron chi connectivity index (χ1n) is 8.09. The minimum absolute atomic E-state index is 0. The number of rotatable bonds is 2. The molecule has 1 amide bonds. The molecule has 2 aromatic rings. The van der Waals surface area contributed by atoms with Crippen LogP contribution in [0, 0.1) is 0 Å². The first kappa shape index (κ1) is 17.0. The molecule has 4 nitrogen and oxygen atoms in total. The Morgan fingerprint density at radius 1 is 1.00 bits per heavy atom. The first-order chi connectivity index (χ1) is 11.2. The van der Waals surface area contributed by atoms with Crippen LogP contribution in [0.4, 0.5) is 0 Å². The summed E-state index contributed by atoms with van der Waals surface area (Å²) in [5, 5.41) is 16.6. The van der Waals surface area contributed by atoms with Crippen molar-refractivity contribution in [2.75, 3.05) is 0 Å². The second-order valence-electron chi connectivity index (χ2n) is 6.36. The van der Waals surface area contributed by atoms with Crippen LogP contribution in [0.1, 0.15) is 28.3 Å². The Bertz CT molecular complexity index is 750. The lowest BCUT2D eigenvalue weighted by molar-refractivity contribution is -0.124. The third-order valence-corrected chi connectivity index (χ3v) is 4.90. The Morgan fingerprint density at radius 3 is 2.46 bits per heavy atom. The molecule has 2 aliphatic rings. The molecule has 0 aromatic heterocycles. The summed E-state index contributed by atoms with van der Waals surface area (Å²) in [4.78, 5) is 12.6. The fraction of sp³-hybridized carbons (Fsp3) is 0.316. The van der Waals surface area contributed by atoms with E-state index in [4.69, 9.17) is 0 Å². The van der Waals surface area contributed by atoms with Crippen molar-refractivity contribution in [1.82, 2.24) is 10.6 Å². The van der Waals surface area contributed by atoms with Gasteiger partial charge in [0, 0.05) is 13.0 Å². The maximum absolute atomic E-state index is 12.6. The molecule has 24 heavy (non-hydrogen) atoms. The van der Waals surface area contributed by atoms with Gasteiger partial charge < -0.3 is 15.7 Å². The summed E-state index contributed by atoms with van der Waals surface area (Å²) in [5.41, 5.74) is 4.62. The van der Waals surface area contributed by atoms with Crippen molar-refractivity contribution in [3.05, 3.63) is 70.8 Å². The van der Waals surface area contributed by atoms with Gasteiger partial charge in [0.15, 0.2) is 0 Å². The van der Waals surface area contributed by atoms with Crippen molar-refractivity contribution in [2.45, 2.75) is 37.6 Å². The highest BCUT2D eigenvalue weighted by Gasteiger charge is 2.34. The number of aliphatic hydroxyl groups is 1. The Hall–Kier alpha value is -1.88. The minimum Gasteiger partial charge on any atom is -0.390 e. The van der Waals surface area contributed by atoms with Crippen LogP contribution in [-0.4, -0.2) is 23.2 Å².